The van der Waals surface area contributed by atoms with Gasteiger partial charge in [0.05, 0.1) is 36.3 Å². The summed E-state index contributed by atoms with van der Waals surface area (Å²) < 4.78 is 12.5. The Morgan fingerprint density at radius 1 is 0.978 bits per heavy atom. The zero-order chi connectivity index (χ0) is 32.8. The third-order valence-electron chi connectivity index (χ3n) is 8.60. The lowest BCUT2D eigenvalue weighted by molar-refractivity contribution is 0.355. The summed E-state index contributed by atoms with van der Waals surface area (Å²) in [6.45, 7) is 11.5. The number of fused-ring (bicyclic) bond motifs is 1. The van der Waals surface area contributed by atoms with Crippen molar-refractivity contribution in [2.24, 2.45) is 5.92 Å². The molecule has 1 aliphatic heterocycles. The SMILES string of the molecule is CCCCC(CC)CN1C(c2ccccc2)=C(C)S\C1=C/C=C/C=c1/c(C)nn2c(=O)c(C)c(-c3cc(OC)ccc3OC)nc12. The van der Waals surface area contributed by atoms with Crippen molar-refractivity contribution in [1.29, 1.82) is 0 Å². The smallest absolute Gasteiger partial charge is 0.278 e. The summed E-state index contributed by atoms with van der Waals surface area (Å²) in [5.41, 5.74) is 5.32. The Labute approximate surface area is 276 Å². The fraction of sp³-hybridized carbons (Fsp3) is 0.342. The van der Waals surface area contributed by atoms with Gasteiger partial charge in [0.1, 0.15) is 11.5 Å². The molecule has 2 aromatic heterocycles. The van der Waals surface area contributed by atoms with Crippen molar-refractivity contribution >= 4 is 29.2 Å². The van der Waals surface area contributed by atoms with Gasteiger partial charge in [0.15, 0.2) is 5.65 Å². The molecule has 0 spiro atoms. The molecule has 240 valence electrons. The van der Waals surface area contributed by atoms with Crippen LogP contribution in [0, 0.1) is 19.8 Å². The van der Waals surface area contributed by atoms with Crippen molar-refractivity contribution in [1.82, 2.24) is 19.5 Å². The van der Waals surface area contributed by atoms with Crippen LogP contribution in [0.5, 0.6) is 11.5 Å². The first kappa shape index (κ1) is 33.1. The summed E-state index contributed by atoms with van der Waals surface area (Å²) in [6, 6.07) is 16.2. The Hall–Kier alpha value is -4.30. The molecule has 1 aliphatic rings. The number of allylic oxidation sites excluding steroid dienone is 4. The van der Waals surface area contributed by atoms with Gasteiger partial charge in [-0.15, -0.1) is 0 Å². The quantitative estimate of drug-likeness (QED) is 0.156. The maximum Gasteiger partial charge on any atom is 0.278 e. The number of ether oxygens (including phenoxy) is 2. The van der Waals surface area contributed by atoms with Crippen LogP contribution in [-0.4, -0.2) is 40.3 Å². The van der Waals surface area contributed by atoms with Crippen molar-refractivity contribution < 1.29 is 9.47 Å². The van der Waals surface area contributed by atoms with Gasteiger partial charge in [-0.25, -0.2) is 4.98 Å². The number of methoxy groups -OCH3 is 2. The second-order valence-electron chi connectivity index (χ2n) is 11.6. The molecule has 5 rings (SSSR count). The van der Waals surface area contributed by atoms with Crippen molar-refractivity contribution in [3.05, 3.63) is 109 Å². The van der Waals surface area contributed by atoms with Gasteiger partial charge in [-0.3, -0.25) is 4.79 Å². The van der Waals surface area contributed by atoms with E-state index >= 15 is 0 Å². The predicted molar refractivity (Wildman–Crippen MR) is 191 cm³/mol. The van der Waals surface area contributed by atoms with Crippen LogP contribution < -0.4 is 20.3 Å². The molecular weight excluding hydrogens is 593 g/mol. The summed E-state index contributed by atoms with van der Waals surface area (Å²) in [4.78, 5) is 22.3. The van der Waals surface area contributed by atoms with Gasteiger partial charge in [-0.1, -0.05) is 87.4 Å². The second kappa shape index (κ2) is 14.9. The largest absolute Gasteiger partial charge is 0.497 e. The fourth-order valence-corrected chi connectivity index (χ4v) is 7.03. The molecule has 0 aliphatic carbocycles. The maximum absolute atomic E-state index is 13.5. The van der Waals surface area contributed by atoms with Crippen LogP contribution in [-0.2, 0) is 0 Å². The molecule has 0 radical (unpaired) electrons. The molecule has 0 saturated carbocycles. The molecule has 4 aromatic rings. The minimum atomic E-state index is -0.208. The van der Waals surface area contributed by atoms with Crippen LogP contribution in [0.2, 0.25) is 0 Å². The summed E-state index contributed by atoms with van der Waals surface area (Å²) in [6.07, 6.45) is 13.1. The van der Waals surface area contributed by atoms with Gasteiger partial charge in [-0.05, 0) is 69.0 Å². The Morgan fingerprint density at radius 2 is 1.74 bits per heavy atom. The number of thioether (sulfide) groups is 1. The molecular formula is C38H44N4O3S. The first-order valence-corrected chi connectivity index (χ1v) is 16.9. The lowest BCUT2D eigenvalue weighted by atomic mass is 9.98. The third-order valence-corrected chi connectivity index (χ3v) is 9.67. The Bertz CT molecular complexity index is 1910. The number of aryl methyl sites for hydroxylation is 1. The van der Waals surface area contributed by atoms with Crippen molar-refractivity contribution in [2.75, 3.05) is 20.8 Å². The van der Waals surface area contributed by atoms with E-state index in [1.54, 1.807) is 21.1 Å². The standard InChI is InChI=1S/C38H44N4O3S/c1-8-10-16-28(9-2)24-41-34(46-27(5)36(41)29-17-12-11-13-18-29)20-15-14-19-31-26(4)40-42-37(31)39-35(25(3)38(42)43)32-23-30(44-6)21-22-33(32)45-7/h11-15,17-23,28H,8-10,16,24H2,1-7H3/b15-14+,31-19-,34-20-. The zero-order valence-corrected chi connectivity index (χ0v) is 28.8. The van der Waals surface area contributed by atoms with Gasteiger partial charge >= 0.3 is 0 Å². The van der Waals surface area contributed by atoms with Crippen LogP contribution in [0.4, 0.5) is 0 Å². The fourth-order valence-electron chi connectivity index (χ4n) is 5.97. The molecule has 2 aromatic carbocycles. The third kappa shape index (κ3) is 6.77. The van der Waals surface area contributed by atoms with Gasteiger partial charge < -0.3 is 14.4 Å². The van der Waals surface area contributed by atoms with E-state index in [9.17, 15) is 4.79 Å². The first-order valence-electron chi connectivity index (χ1n) is 16.0. The first-order chi connectivity index (χ1) is 22.3. The van der Waals surface area contributed by atoms with E-state index in [-0.39, 0.29) is 5.56 Å². The molecule has 0 amide bonds. The van der Waals surface area contributed by atoms with Crippen LogP contribution in [0.1, 0.15) is 63.3 Å². The lowest BCUT2D eigenvalue weighted by Crippen LogP contribution is -2.24. The molecule has 0 bridgehead atoms. The van der Waals surface area contributed by atoms with E-state index in [2.05, 4.69) is 73.3 Å². The molecule has 0 N–H and O–H groups in total. The highest BCUT2D eigenvalue weighted by atomic mass is 32.2. The number of aromatic nitrogens is 3. The Balaban J connectivity index is 1.53. The molecule has 7 nitrogen and oxygen atoms in total. The summed E-state index contributed by atoms with van der Waals surface area (Å²) in [7, 11) is 3.22. The van der Waals surface area contributed by atoms with Crippen LogP contribution >= 0.6 is 11.8 Å². The highest BCUT2D eigenvalue weighted by Crippen LogP contribution is 2.46. The summed E-state index contributed by atoms with van der Waals surface area (Å²) in [5.74, 6) is 1.90. The van der Waals surface area contributed by atoms with Crippen LogP contribution in [0.15, 0.2) is 81.5 Å². The number of unbranched alkanes of at least 4 members (excludes halogenated alkanes) is 1. The van der Waals surface area contributed by atoms with Crippen molar-refractivity contribution in [3.63, 3.8) is 0 Å². The molecule has 0 fully saturated rings. The number of rotatable bonds is 12. The average Bonchev–Trinajstić information content (AvgIpc) is 3.56. The highest BCUT2D eigenvalue weighted by molar-refractivity contribution is 8.07. The van der Waals surface area contributed by atoms with Crippen LogP contribution in [0.3, 0.4) is 0 Å². The van der Waals surface area contributed by atoms with Gasteiger partial charge in [0.2, 0.25) is 0 Å². The monoisotopic (exact) mass is 636 g/mol. The molecule has 1 unspecified atom stereocenters. The van der Waals surface area contributed by atoms with Crippen LogP contribution in [0.25, 0.3) is 28.7 Å². The molecule has 0 saturated heterocycles. The van der Waals surface area contributed by atoms with E-state index in [1.807, 2.05) is 49.0 Å². The van der Waals surface area contributed by atoms with E-state index < -0.39 is 0 Å². The minimum Gasteiger partial charge on any atom is -0.497 e. The summed E-state index contributed by atoms with van der Waals surface area (Å²) >= 11 is 1.83. The van der Waals surface area contributed by atoms with Crippen molar-refractivity contribution in [2.45, 2.75) is 60.3 Å². The number of hydrogen-bond acceptors (Lipinski definition) is 7. The van der Waals surface area contributed by atoms with E-state index in [1.165, 1.54) is 45.0 Å². The number of benzene rings is 2. The normalized spacial score (nSPS) is 15.6. The number of hydrogen-bond donors (Lipinski definition) is 0. The average molecular weight is 637 g/mol. The zero-order valence-electron chi connectivity index (χ0n) is 28.0. The predicted octanol–water partition coefficient (Wildman–Crippen LogP) is 7.94. The Kier molecular flexibility index (Phi) is 10.7. The van der Waals surface area contributed by atoms with Gasteiger partial charge in [-0.2, -0.15) is 9.61 Å². The minimum absolute atomic E-state index is 0.208. The molecule has 46 heavy (non-hydrogen) atoms. The van der Waals surface area contributed by atoms with Crippen molar-refractivity contribution in [3.8, 4) is 22.8 Å². The second-order valence-corrected chi connectivity index (χ2v) is 12.9. The summed E-state index contributed by atoms with van der Waals surface area (Å²) in [5, 5.41) is 6.58. The van der Waals surface area contributed by atoms with Gasteiger partial charge in [0, 0.05) is 27.8 Å². The van der Waals surface area contributed by atoms with E-state index in [0.717, 1.165) is 23.9 Å². The Morgan fingerprint density at radius 3 is 2.43 bits per heavy atom. The molecule has 8 heteroatoms. The maximum atomic E-state index is 13.5. The highest BCUT2D eigenvalue weighted by Gasteiger charge is 2.28. The molecule has 1 atom stereocenters. The molecule has 3 heterocycles. The van der Waals surface area contributed by atoms with Gasteiger partial charge in [0.25, 0.3) is 5.56 Å². The topological polar surface area (TPSA) is 69.0 Å². The van der Waals surface area contributed by atoms with E-state index in [0.29, 0.717) is 39.9 Å². The van der Waals surface area contributed by atoms with E-state index in [4.69, 9.17) is 14.5 Å². The lowest BCUT2D eigenvalue weighted by Gasteiger charge is -2.28. The number of nitrogens with zero attached hydrogens (tertiary/aromatic N) is 4.